The number of allylic oxidation sites excluding steroid dienone is 5. The number of aliphatic hydroxyl groups is 3. The summed E-state index contributed by atoms with van der Waals surface area (Å²) in [5.74, 6) is -0.514. The number of amides is 1. The maximum Gasteiger partial charge on any atom is 0.249 e. The monoisotopic (exact) mass is 746 g/mol. The lowest BCUT2D eigenvalue weighted by molar-refractivity contribution is -0.131. The predicted molar refractivity (Wildman–Crippen MR) is 231 cm³/mol. The van der Waals surface area contributed by atoms with Crippen LogP contribution in [0.25, 0.3) is 0 Å². The number of rotatable bonds is 42. The average molecular weight is 746 g/mol. The highest BCUT2D eigenvalue weighted by Gasteiger charge is 2.22. The molecular weight excluding hydrogens is 655 g/mol. The Kier molecular flexibility index (Phi) is 42.1. The molecule has 0 aromatic heterocycles. The fourth-order valence-electron chi connectivity index (χ4n) is 7.04. The Morgan fingerprint density at radius 2 is 0.774 bits per heavy atom. The zero-order valence-electron chi connectivity index (χ0n) is 35.4. The molecule has 3 atom stereocenters. The Balaban J connectivity index is 3.70. The first-order valence-corrected chi connectivity index (χ1v) is 23.3. The lowest BCUT2D eigenvalue weighted by Gasteiger charge is -2.21. The molecule has 0 heterocycles. The molecule has 4 N–H and O–H groups in total. The fourth-order valence-corrected chi connectivity index (χ4v) is 7.04. The molecular formula is C48H91NO4. The summed E-state index contributed by atoms with van der Waals surface area (Å²) in [6.45, 7) is 4.18. The summed E-state index contributed by atoms with van der Waals surface area (Å²) >= 11 is 0. The maximum atomic E-state index is 12.5. The largest absolute Gasteiger partial charge is 0.394 e. The molecule has 5 nitrogen and oxygen atoms in total. The fraction of sp³-hybridized carbons (Fsp3) is 0.854. The van der Waals surface area contributed by atoms with Gasteiger partial charge in [0, 0.05) is 0 Å². The second kappa shape index (κ2) is 43.3. The molecule has 0 rings (SSSR count). The van der Waals surface area contributed by atoms with Crippen molar-refractivity contribution in [3.05, 3.63) is 36.5 Å². The number of hydrogen-bond acceptors (Lipinski definition) is 4. The van der Waals surface area contributed by atoms with Crippen LogP contribution in [0.3, 0.4) is 0 Å². The molecule has 0 spiro atoms. The van der Waals surface area contributed by atoms with Gasteiger partial charge >= 0.3 is 0 Å². The molecule has 0 aliphatic heterocycles. The summed E-state index contributed by atoms with van der Waals surface area (Å²) in [6, 6.07) is -0.818. The predicted octanol–water partition coefficient (Wildman–Crippen LogP) is 13.5. The third-order valence-electron chi connectivity index (χ3n) is 10.7. The summed E-state index contributed by atoms with van der Waals surface area (Å²) in [5.41, 5.74) is 0. The standard InChI is InChI=1S/C48H91NO4/c1-3-5-7-9-11-13-15-17-19-21-23-25-27-29-31-33-35-37-39-41-43-47(52)48(53)49-45(44-50)46(51)42-40-38-36-34-32-30-28-26-24-22-20-18-16-14-12-10-8-6-4-2/h24,26,32,34,40,42,45-47,50-52H,3-23,25,27-31,33,35-39,41,43-44H2,1-2H3,(H,49,53)/b26-24+,34-32+,42-40+. The molecule has 0 aromatic rings. The van der Waals surface area contributed by atoms with E-state index in [-0.39, 0.29) is 6.61 Å². The Morgan fingerprint density at radius 1 is 0.453 bits per heavy atom. The van der Waals surface area contributed by atoms with E-state index in [2.05, 4.69) is 43.5 Å². The van der Waals surface area contributed by atoms with Crippen molar-refractivity contribution in [3.63, 3.8) is 0 Å². The van der Waals surface area contributed by atoms with E-state index >= 15 is 0 Å². The van der Waals surface area contributed by atoms with Gasteiger partial charge in [0.2, 0.25) is 5.91 Å². The van der Waals surface area contributed by atoms with Crippen LogP contribution in [0.1, 0.15) is 239 Å². The van der Waals surface area contributed by atoms with Crippen LogP contribution in [0.4, 0.5) is 0 Å². The molecule has 0 saturated heterocycles. The third-order valence-corrected chi connectivity index (χ3v) is 10.7. The van der Waals surface area contributed by atoms with E-state index in [0.717, 1.165) is 44.9 Å². The summed E-state index contributed by atoms with van der Waals surface area (Å²) < 4.78 is 0. The second-order valence-electron chi connectivity index (χ2n) is 16.0. The van der Waals surface area contributed by atoms with Crippen LogP contribution in [0, 0.1) is 0 Å². The highest BCUT2D eigenvalue weighted by molar-refractivity contribution is 5.80. The summed E-state index contributed by atoms with van der Waals surface area (Å²) in [5, 5.41) is 33.2. The summed E-state index contributed by atoms with van der Waals surface area (Å²) in [6.07, 6.45) is 54.7. The number of nitrogens with one attached hydrogen (secondary N) is 1. The molecule has 0 saturated carbocycles. The molecule has 0 radical (unpaired) electrons. The Bertz CT molecular complexity index is 824. The Morgan fingerprint density at radius 3 is 1.15 bits per heavy atom. The van der Waals surface area contributed by atoms with Crippen molar-refractivity contribution < 1.29 is 20.1 Å². The lowest BCUT2D eigenvalue weighted by Crippen LogP contribution is -2.48. The maximum absolute atomic E-state index is 12.5. The number of carbonyl (C=O) groups excluding carboxylic acids is 1. The van der Waals surface area contributed by atoms with E-state index in [1.54, 1.807) is 6.08 Å². The van der Waals surface area contributed by atoms with Crippen LogP contribution >= 0.6 is 0 Å². The van der Waals surface area contributed by atoms with Crippen molar-refractivity contribution in [3.8, 4) is 0 Å². The van der Waals surface area contributed by atoms with Crippen LogP contribution in [0.2, 0.25) is 0 Å². The number of carbonyl (C=O) groups is 1. The first-order valence-electron chi connectivity index (χ1n) is 23.3. The molecule has 0 aliphatic carbocycles. The molecule has 312 valence electrons. The van der Waals surface area contributed by atoms with E-state index in [9.17, 15) is 20.1 Å². The Hall–Kier alpha value is -1.43. The van der Waals surface area contributed by atoms with Gasteiger partial charge in [-0.05, 0) is 44.9 Å². The minimum atomic E-state index is -1.11. The van der Waals surface area contributed by atoms with Crippen molar-refractivity contribution in [1.82, 2.24) is 5.32 Å². The van der Waals surface area contributed by atoms with Crippen LogP contribution in [0.5, 0.6) is 0 Å². The van der Waals surface area contributed by atoms with Gasteiger partial charge in [0.05, 0.1) is 18.8 Å². The summed E-state index contributed by atoms with van der Waals surface area (Å²) in [4.78, 5) is 12.5. The normalized spacial score (nSPS) is 13.8. The molecule has 0 fully saturated rings. The van der Waals surface area contributed by atoms with Gasteiger partial charge in [0.25, 0.3) is 0 Å². The van der Waals surface area contributed by atoms with Crippen molar-refractivity contribution in [2.75, 3.05) is 6.61 Å². The van der Waals surface area contributed by atoms with Crippen LogP contribution in [-0.4, -0.2) is 46.1 Å². The molecule has 0 bridgehead atoms. The molecule has 53 heavy (non-hydrogen) atoms. The van der Waals surface area contributed by atoms with Crippen LogP contribution in [0.15, 0.2) is 36.5 Å². The second-order valence-corrected chi connectivity index (χ2v) is 16.0. The quantitative estimate of drug-likeness (QED) is 0.0370. The molecule has 0 aromatic carbocycles. The molecule has 0 aliphatic rings. The van der Waals surface area contributed by atoms with Gasteiger partial charge in [0.1, 0.15) is 6.10 Å². The topological polar surface area (TPSA) is 89.8 Å². The first kappa shape index (κ1) is 51.6. The third kappa shape index (κ3) is 38.6. The van der Waals surface area contributed by atoms with E-state index in [1.807, 2.05) is 6.08 Å². The zero-order chi connectivity index (χ0) is 38.7. The van der Waals surface area contributed by atoms with E-state index in [4.69, 9.17) is 0 Å². The van der Waals surface area contributed by atoms with Gasteiger partial charge in [-0.1, -0.05) is 230 Å². The Labute approximate surface area is 330 Å². The smallest absolute Gasteiger partial charge is 0.249 e. The minimum absolute atomic E-state index is 0.379. The molecule has 5 heteroatoms. The SMILES string of the molecule is CCCCCCCCCCC/C=C/CC/C=C/CC/C=C/C(O)C(CO)NC(=O)C(O)CCCCCCCCCCCCCCCCCCCCCC. The number of hydrogen-bond donors (Lipinski definition) is 4. The van der Waals surface area contributed by atoms with Crippen molar-refractivity contribution >= 4 is 5.91 Å². The van der Waals surface area contributed by atoms with Gasteiger partial charge in [-0.25, -0.2) is 0 Å². The number of aliphatic hydroxyl groups excluding tert-OH is 3. The van der Waals surface area contributed by atoms with Gasteiger partial charge in [-0.3, -0.25) is 4.79 Å². The highest BCUT2D eigenvalue weighted by atomic mass is 16.3. The van der Waals surface area contributed by atoms with Crippen LogP contribution in [-0.2, 0) is 4.79 Å². The minimum Gasteiger partial charge on any atom is -0.394 e. The van der Waals surface area contributed by atoms with Gasteiger partial charge < -0.3 is 20.6 Å². The summed E-state index contributed by atoms with van der Waals surface area (Å²) in [7, 11) is 0. The lowest BCUT2D eigenvalue weighted by atomic mass is 10.0. The van der Waals surface area contributed by atoms with Gasteiger partial charge in [-0.2, -0.15) is 0 Å². The van der Waals surface area contributed by atoms with E-state index < -0.39 is 24.2 Å². The molecule has 1 amide bonds. The highest BCUT2D eigenvalue weighted by Crippen LogP contribution is 2.16. The van der Waals surface area contributed by atoms with E-state index in [1.165, 1.54) is 173 Å². The average Bonchev–Trinajstić information content (AvgIpc) is 3.16. The molecule has 3 unspecified atom stereocenters. The van der Waals surface area contributed by atoms with E-state index in [0.29, 0.717) is 6.42 Å². The van der Waals surface area contributed by atoms with Crippen molar-refractivity contribution in [2.45, 2.75) is 257 Å². The first-order chi connectivity index (χ1) is 26.1. The van der Waals surface area contributed by atoms with Gasteiger partial charge in [-0.15, -0.1) is 0 Å². The van der Waals surface area contributed by atoms with Crippen molar-refractivity contribution in [2.24, 2.45) is 0 Å². The van der Waals surface area contributed by atoms with Crippen molar-refractivity contribution in [1.29, 1.82) is 0 Å². The van der Waals surface area contributed by atoms with Gasteiger partial charge in [0.15, 0.2) is 0 Å². The zero-order valence-corrected chi connectivity index (χ0v) is 35.4. The number of unbranched alkanes of at least 4 members (excludes halogenated alkanes) is 30. The van der Waals surface area contributed by atoms with Crippen LogP contribution < -0.4 is 5.32 Å².